The van der Waals surface area contributed by atoms with Crippen LogP contribution in [0.2, 0.25) is 0 Å². The lowest BCUT2D eigenvalue weighted by Crippen LogP contribution is -2.47. The van der Waals surface area contributed by atoms with E-state index >= 15 is 0 Å². The highest BCUT2D eigenvalue weighted by atomic mass is 16.4. The summed E-state index contributed by atoms with van der Waals surface area (Å²) in [7, 11) is 0. The molecule has 0 bridgehead atoms. The third-order valence-corrected chi connectivity index (χ3v) is 6.10. The molecular formula is C17H25NO3. The number of carboxylic acids is 1. The average molecular weight is 291 g/mol. The molecular weight excluding hydrogens is 266 g/mol. The van der Waals surface area contributed by atoms with E-state index in [-0.39, 0.29) is 23.3 Å². The molecule has 21 heavy (non-hydrogen) atoms. The van der Waals surface area contributed by atoms with Crippen molar-refractivity contribution in [2.24, 2.45) is 16.7 Å². The van der Waals surface area contributed by atoms with Crippen LogP contribution < -0.4 is 0 Å². The molecule has 1 heterocycles. The first-order chi connectivity index (χ1) is 9.75. The van der Waals surface area contributed by atoms with Gasteiger partial charge >= 0.3 is 5.97 Å². The van der Waals surface area contributed by atoms with Crippen LogP contribution in [0.15, 0.2) is 11.1 Å². The number of hydrogen-bond donors (Lipinski definition) is 1. The van der Waals surface area contributed by atoms with Crippen molar-refractivity contribution in [2.75, 3.05) is 13.1 Å². The zero-order valence-corrected chi connectivity index (χ0v) is 13.2. The number of carboxylic acid groups (broad SMARTS) is 1. The largest absolute Gasteiger partial charge is 0.480 e. The summed E-state index contributed by atoms with van der Waals surface area (Å²) in [6.07, 6.45) is 5.54. The van der Waals surface area contributed by atoms with E-state index in [4.69, 9.17) is 5.11 Å². The fraction of sp³-hybridized carbons (Fsp3) is 0.765. The van der Waals surface area contributed by atoms with Crippen LogP contribution in [0.4, 0.5) is 0 Å². The molecule has 2 aliphatic carbocycles. The van der Waals surface area contributed by atoms with Gasteiger partial charge in [0.15, 0.2) is 0 Å². The minimum atomic E-state index is -0.922. The number of carbonyl (C=O) groups excluding carboxylic acids is 1. The lowest BCUT2D eigenvalue weighted by Gasteiger charge is -2.53. The van der Waals surface area contributed by atoms with Crippen LogP contribution in [0.5, 0.6) is 0 Å². The standard InChI is InChI=1S/C17H25NO3/c1-16(2)7-4-8-17(3)12(16)6-5-11-9-18(10-13(19)20)15(21)14(11)17/h12H,4-10H2,1-3H3,(H,19,20)/t12-,17-/m0/s1. The molecule has 1 N–H and O–H groups in total. The normalized spacial score (nSPS) is 34.7. The summed E-state index contributed by atoms with van der Waals surface area (Å²) in [5, 5.41) is 8.99. The van der Waals surface area contributed by atoms with Gasteiger partial charge in [-0.15, -0.1) is 0 Å². The van der Waals surface area contributed by atoms with E-state index in [1.54, 1.807) is 0 Å². The van der Waals surface area contributed by atoms with Gasteiger partial charge in [-0.25, -0.2) is 0 Å². The molecule has 3 aliphatic rings. The van der Waals surface area contributed by atoms with Gasteiger partial charge in [-0.3, -0.25) is 9.59 Å². The van der Waals surface area contributed by atoms with Crippen molar-refractivity contribution in [3.05, 3.63) is 11.1 Å². The van der Waals surface area contributed by atoms with Gasteiger partial charge in [-0.05, 0) is 42.6 Å². The number of hydrogen-bond acceptors (Lipinski definition) is 2. The SMILES string of the molecule is CC1(C)CCC[C@]2(C)C3=C(CC[C@@H]12)CN(CC(=O)O)C3=O. The summed E-state index contributed by atoms with van der Waals surface area (Å²) in [5.74, 6) is -0.405. The first-order valence-electron chi connectivity index (χ1n) is 7.99. The topological polar surface area (TPSA) is 57.6 Å². The van der Waals surface area contributed by atoms with Crippen molar-refractivity contribution in [1.29, 1.82) is 0 Å². The highest BCUT2D eigenvalue weighted by Crippen LogP contribution is 2.60. The van der Waals surface area contributed by atoms with Gasteiger partial charge in [0.2, 0.25) is 0 Å². The maximum absolute atomic E-state index is 12.8. The van der Waals surface area contributed by atoms with E-state index < -0.39 is 5.97 Å². The minimum absolute atomic E-state index is 0.0164. The number of carbonyl (C=O) groups is 2. The summed E-state index contributed by atoms with van der Waals surface area (Å²) >= 11 is 0. The molecule has 4 nitrogen and oxygen atoms in total. The number of rotatable bonds is 2. The Morgan fingerprint density at radius 2 is 2.05 bits per heavy atom. The highest BCUT2D eigenvalue weighted by molar-refractivity contribution is 6.00. The quantitative estimate of drug-likeness (QED) is 0.851. The predicted octanol–water partition coefficient (Wildman–Crippen LogP) is 2.84. The summed E-state index contributed by atoms with van der Waals surface area (Å²) in [5.41, 5.74) is 2.39. The van der Waals surface area contributed by atoms with Gasteiger partial charge in [0.05, 0.1) is 0 Å². The van der Waals surface area contributed by atoms with E-state index in [1.807, 2.05) is 0 Å². The molecule has 4 heteroatoms. The minimum Gasteiger partial charge on any atom is -0.480 e. The molecule has 2 atom stereocenters. The van der Waals surface area contributed by atoms with Crippen LogP contribution in [-0.2, 0) is 9.59 Å². The molecule has 0 radical (unpaired) electrons. The fourth-order valence-corrected chi connectivity index (χ4v) is 5.28. The molecule has 116 valence electrons. The van der Waals surface area contributed by atoms with Crippen LogP contribution >= 0.6 is 0 Å². The molecule has 1 aliphatic heterocycles. The molecule has 0 unspecified atom stereocenters. The first kappa shape index (κ1) is 14.6. The predicted molar refractivity (Wildman–Crippen MR) is 79.7 cm³/mol. The second-order valence-electron chi connectivity index (χ2n) is 7.88. The van der Waals surface area contributed by atoms with Crippen molar-refractivity contribution in [3.8, 4) is 0 Å². The Kier molecular flexibility index (Phi) is 3.19. The zero-order valence-electron chi connectivity index (χ0n) is 13.2. The van der Waals surface area contributed by atoms with E-state index in [0.717, 1.165) is 31.3 Å². The monoisotopic (exact) mass is 291 g/mol. The van der Waals surface area contributed by atoms with E-state index in [0.29, 0.717) is 12.5 Å². The van der Waals surface area contributed by atoms with Crippen molar-refractivity contribution >= 4 is 11.9 Å². The van der Waals surface area contributed by atoms with Crippen LogP contribution in [0.25, 0.3) is 0 Å². The molecule has 3 rings (SSSR count). The maximum Gasteiger partial charge on any atom is 0.323 e. The molecule has 1 saturated carbocycles. The van der Waals surface area contributed by atoms with Crippen LogP contribution in [0.3, 0.4) is 0 Å². The summed E-state index contributed by atoms with van der Waals surface area (Å²) in [4.78, 5) is 25.2. The number of nitrogens with zero attached hydrogens (tertiary/aromatic N) is 1. The third-order valence-electron chi connectivity index (χ3n) is 6.10. The van der Waals surface area contributed by atoms with Crippen molar-refractivity contribution in [3.63, 3.8) is 0 Å². The number of fused-ring (bicyclic) bond motifs is 2. The molecule has 1 amide bonds. The third kappa shape index (κ3) is 2.11. The number of aliphatic carboxylic acids is 1. The Morgan fingerprint density at radius 1 is 1.33 bits per heavy atom. The summed E-state index contributed by atoms with van der Waals surface area (Å²) in [6, 6.07) is 0. The van der Waals surface area contributed by atoms with Gasteiger partial charge in [-0.2, -0.15) is 0 Å². The average Bonchev–Trinajstić information content (AvgIpc) is 2.65. The van der Waals surface area contributed by atoms with E-state index in [2.05, 4.69) is 20.8 Å². The smallest absolute Gasteiger partial charge is 0.323 e. The Morgan fingerprint density at radius 3 is 2.71 bits per heavy atom. The Labute approximate surface area is 126 Å². The highest BCUT2D eigenvalue weighted by Gasteiger charge is 2.54. The van der Waals surface area contributed by atoms with Gasteiger partial charge in [0.25, 0.3) is 5.91 Å². The van der Waals surface area contributed by atoms with Crippen molar-refractivity contribution in [2.45, 2.75) is 52.9 Å². The van der Waals surface area contributed by atoms with Crippen LogP contribution in [0, 0.1) is 16.7 Å². The van der Waals surface area contributed by atoms with Gasteiger partial charge in [0.1, 0.15) is 6.54 Å². The number of amides is 1. The summed E-state index contributed by atoms with van der Waals surface area (Å²) < 4.78 is 0. The molecule has 0 aromatic rings. The van der Waals surface area contributed by atoms with Gasteiger partial charge in [-0.1, -0.05) is 27.2 Å². The van der Waals surface area contributed by atoms with Crippen molar-refractivity contribution < 1.29 is 14.7 Å². The van der Waals surface area contributed by atoms with Crippen LogP contribution in [-0.4, -0.2) is 35.0 Å². The molecule has 0 aromatic heterocycles. The lowest BCUT2D eigenvalue weighted by atomic mass is 9.50. The molecule has 1 fully saturated rings. The Balaban J connectivity index is 1.95. The second-order valence-corrected chi connectivity index (χ2v) is 7.88. The lowest BCUT2D eigenvalue weighted by molar-refractivity contribution is -0.142. The fourth-order valence-electron chi connectivity index (χ4n) is 5.28. The first-order valence-corrected chi connectivity index (χ1v) is 7.99. The van der Waals surface area contributed by atoms with E-state index in [1.165, 1.54) is 16.9 Å². The summed E-state index contributed by atoms with van der Waals surface area (Å²) in [6.45, 7) is 7.26. The second kappa shape index (κ2) is 4.59. The zero-order chi connectivity index (χ0) is 15.4. The maximum atomic E-state index is 12.8. The molecule has 0 spiro atoms. The van der Waals surface area contributed by atoms with Crippen LogP contribution in [0.1, 0.15) is 52.9 Å². The van der Waals surface area contributed by atoms with Crippen molar-refractivity contribution in [1.82, 2.24) is 4.90 Å². The molecule has 0 saturated heterocycles. The Hall–Kier alpha value is -1.32. The van der Waals surface area contributed by atoms with Gasteiger partial charge < -0.3 is 10.0 Å². The van der Waals surface area contributed by atoms with Gasteiger partial charge in [0, 0.05) is 17.5 Å². The molecule has 0 aromatic carbocycles. The Bertz CT molecular complexity index is 534. The van der Waals surface area contributed by atoms with E-state index in [9.17, 15) is 9.59 Å².